The first kappa shape index (κ1) is 8.34. The van der Waals surface area contributed by atoms with Crippen LogP contribution in [0.15, 0.2) is 41.4 Å². The molecule has 0 aliphatic rings. The molecule has 1 aromatic carbocycles. The van der Waals surface area contributed by atoms with Gasteiger partial charge in [-0.05, 0) is 24.3 Å². The minimum absolute atomic E-state index is 0.807. The molecule has 11 heavy (non-hydrogen) atoms. The molecule has 0 spiro atoms. The van der Waals surface area contributed by atoms with Crippen LogP contribution in [-0.4, -0.2) is 6.54 Å². The third kappa shape index (κ3) is 2.76. The van der Waals surface area contributed by atoms with Crippen molar-refractivity contribution in [3.63, 3.8) is 0 Å². The van der Waals surface area contributed by atoms with E-state index >= 15 is 0 Å². The molecule has 0 fully saturated rings. The van der Waals surface area contributed by atoms with Gasteiger partial charge < -0.3 is 5.32 Å². The molecule has 0 radical (unpaired) electrons. The Morgan fingerprint density at radius 1 is 1.36 bits per heavy atom. The van der Waals surface area contributed by atoms with Crippen LogP contribution in [0.2, 0.25) is 0 Å². The molecule has 0 aliphatic heterocycles. The number of halogens is 1. The molecule has 0 saturated heterocycles. The van der Waals surface area contributed by atoms with Crippen molar-refractivity contribution in [1.29, 1.82) is 0 Å². The van der Waals surface area contributed by atoms with Gasteiger partial charge in [-0.25, -0.2) is 0 Å². The maximum Gasteiger partial charge on any atom is 0.0343 e. The highest BCUT2D eigenvalue weighted by Gasteiger charge is 1.87. The van der Waals surface area contributed by atoms with Gasteiger partial charge in [0, 0.05) is 16.7 Å². The lowest BCUT2D eigenvalue weighted by Crippen LogP contribution is -1.96. The van der Waals surface area contributed by atoms with Crippen molar-refractivity contribution in [3.8, 4) is 0 Å². The molecule has 0 heterocycles. The van der Waals surface area contributed by atoms with E-state index in [0.29, 0.717) is 0 Å². The number of anilines is 1. The highest BCUT2D eigenvalue weighted by Crippen LogP contribution is 2.13. The number of hydrogen-bond donors (Lipinski definition) is 1. The van der Waals surface area contributed by atoms with E-state index < -0.39 is 0 Å². The summed E-state index contributed by atoms with van der Waals surface area (Å²) in [5.74, 6) is 0. The van der Waals surface area contributed by atoms with Crippen molar-refractivity contribution < 1.29 is 0 Å². The van der Waals surface area contributed by atoms with Crippen molar-refractivity contribution in [2.24, 2.45) is 0 Å². The van der Waals surface area contributed by atoms with E-state index in [1.165, 1.54) is 0 Å². The molecule has 1 rings (SSSR count). The average Bonchev–Trinajstić information content (AvgIpc) is 2.04. The Bertz CT molecular complexity index is 228. The van der Waals surface area contributed by atoms with E-state index in [4.69, 9.17) is 0 Å². The topological polar surface area (TPSA) is 12.0 Å². The Balaban J connectivity index is 2.58. The van der Waals surface area contributed by atoms with Crippen LogP contribution in [0, 0.1) is 0 Å². The maximum absolute atomic E-state index is 3.62. The molecule has 0 aliphatic carbocycles. The molecular weight excluding hydrogens is 202 g/mol. The van der Waals surface area contributed by atoms with E-state index in [1.54, 1.807) is 0 Å². The van der Waals surface area contributed by atoms with Gasteiger partial charge in [0.1, 0.15) is 0 Å². The van der Waals surface area contributed by atoms with Gasteiger partial charge in [-0.15, -0.1) is 6.58 Å². The van der Waals surface area contributed by atoms with Gasteiger partial charge in [0.15, 0.2) is 0 Å². The second-order valence-corrected chi connectivity index (χ2v) is 3.09. The van der Waals surface area contributed by atoms with Crippen LogP contribution < -0.4 is 5.32 Å². The standard InChI is InChI=1S/C9H10BrN/c1-2-7-11-9-5-3-8(10)4-6-9/h2-6,11H,1,7H2. The van der Waals surface area contributed by atoms with Gasteiger partial charge in [-0.3, -0.25) is 0 Å². The van der Waals surface area contributed by atoms with Crippen LogP contribution in [0.1, 0.15) is 0 Å². The molecule has 1 N–H and O–H groups in total. The van der Waals surface area contributed by atoms with Gasteiger partial charge in [0.05, 0.1) is 0 Å². The van der Waals surface area contributed by atoms with Crippen LogP contribution >= 0.6 is 15.9 Å². The third-order valence-corrected chi connectivity index (χ3v) is 1.82. The molecule has 0 unspecified atom stereocenters. The fourth-order valence-corrected chi connectivity index (χ4v) is 1.02. The smallest absolute Gasteiger partial charge is 0.0343 e. The number of nitrogens with one attached hydrogen (secondary N) is 1. The Labute approximate surface area is 75.3 Å². The molecular formula is C9H10BrN. The molecule has 0 amide bonds. The second-order valence-electron chi connectivity index (χ2n) is 2.18. The predicted molar refractivity (Wildman–Crippen MR) is 52.8 cm³/mol. The van der Waals surface area contributed by atoms with Crippen molar-refractivity contribution in [2.45, 2.75) is 0 Å². The van der Waals surface area contributed by atoms with Gasteiger partial charge in [0.25, 0.3) is 0 Å². The molecule has 1 aromatic rings. The lowest BCUT2D eigenvalue weighted by atomic mass is 10.3. The zero-order valence-corrected chi connectivity index (χ0v) is 7.76. The summed E-state index contributed by atoms with van der Waals surface area (Å²) in [7, 11) is 0. The van der Waals surface area contributed by atoms with Crippen molar-refractivity contribution in [2.75, 3.05) is 11.9 Å². The summed E-state index contributed by atoms with van der Waals surface area (Å²) in [5, 5.41) is 3.18. The fourth-order valence-electron chi connectivity index (χ4n) is 0.758. The first-order chi connectivity index (χ1) is 5.33. The monoisotopic (exact) mass is 211 g/mol. The Hall–Kier alpha value is -0.760. The summed E-state index contributed by atoms with van der Waals surface area (Å²) in [4.78, 5) is 0. The first-order valence-corrected chi connectivity index (χ1v) is 4.22. The SMILES string of the molecule is C=CCNc1ccc(Br)cc1. The highest BCUT2D eigenvalue weighted by atomic mass is 79.9. The normalized spacial score (nSPS) is 9.18. The molecule has 0 saturated carbocycles. The second kappa shape index (κ2) is 4.19. The lowest BCUT2D eigenvalue weighted by Gasteiger charge is -2.01. The minimum Gasteiger partial charge on any atom is -0.382 e. The summed E-state index contributed by atoms with van der Waals surface area (Å²) in [6.45, 7) is 4.43. The quantitative estimate of drug-likeness (QED) is 0.759. The summed E-state index contributed by atoms with van der Waals surface area (Å²) in [5.41, 5.74) is 1.12. The Kier molecular flexibility index (Phi) is 3.17. The van der Waals surface area contributed by atoms with Gasteiger partial charge in [-0.1, -0.05) is 22.0 Å². The zero-order chi connectivity index (χ0) is 8.10. The van der Waals surface area contributed by atoms with Crippen LogP contribution in [0.5, 0.6) is 0 Å². The van der Waals surface area contributed by atoms with Crippen LogP contribution in [0.4, 0.5) is 5.69 Å². The molecule has 1 nitrogen and oxygen atoms in total. The third-order valence-electron chi connectivity index (χ3n) is 1.29. The largest absolute Gasteiger partial charge is 0.382 e. The highest BCUT2D eigenvalue weighted by molar-refractivity contribution is 9.10. The summed E-state index contributed by atoms with van der Waals surface area (Å²) >= 11 is 3.37. The van der Waals surface area contributed by atoms with Crippen LogP contribution in [0.25, 0.3) is 0 Å². The van der Waals surface area contributed by atoms with E-state index in [9.17, 15) is 0 Å². The van der Waals surface area contributed by atoms with Crippen molar-refractivity contribution in [3.05, 3.63) is 41.4 Å². The summed E-state index contributed by atoms with van der Waals surface area (Å²) in [6, 6.07) is 8.05. The Morgan fingerprint density at radius 3 is 2.55 bits per heavy atom. The molecule has 0 atom stereocenters. The number of rotatable bonds is 3. The molecule has 0 aromatic heterocycles. The lowest BCUT2D eigenvalue weighted by molar-refractivity contribution is 1.34. The average molecular weight is 212 g/mol. The molecule has 2 heteroatoms. The van der Waals surface area contributed by atoms with Gasteiger partial charge in [-0.2, -0.15) is 0 Å². The van der Waals surface area contributed by atoms with E-state index in [2.05, 4.69) is 27.8 Å². The van der Waals surface area contributed by atoms with Crippen molar-refractivity contribution in [1.82, 2.24) is 0 Å². The number of hydrogen-bond acceptors (Lipinski definition) is 1. The van der Waals surface area contributed by atoms with E-state index in [1.807, 2.05) is 30.3 Å². The molecule has 0 bridgehead atoms. The van der Waals surface area contributed by atoms with Crippen LogP contribution in [-0.2, 0) is 0 Å². The Morgan fingerprint density at radius 2 is 2.00 bits per heavy atom. The zero-order valence-electron chi connectivity index (χ0n) is 6.18. The van der Waals surface area contributed by atoms with E-state index in [0.717, 1.165) is 16.7 Å². The first-order valence-electron chi connectivity index (χ1n) is 3.43. The summed E-state index contributed by atoms with van der Waals surface area (Å²) < 4.78 is 1.10. The van der Waals surface area contributed by atoms with Crippen molar-refractivity contribution >= 4 is 21.6 Å². The number of benzene rings is 1. The van der Waals surface area contributed by atoms with Gasteiger partial charge in [0.2, 0.25) is 0 Å². The fraction of sp³-hybridized carbons (Fsp3) is 0.111. The van der Waals surface area contributed by atoms with Crippen LogP contribution in [0.3, 0.4) is 0 Å². The molecule has 58 valence electrons. The van der Waals surface area contributed by atoms with Gasteiger partial charge >= 0.3 is 0 Å². The maximum atomic E-state index is 3.62. The van der Waals surface area contributed by atoms with E-state index in [-0.39, 0.29) is 0 Å². The minimum atomic E-state index is 0.807. The summed E-state index contributed by atoms with van der Waals surface area (Å²) in [6.07, 6.45) is 1.84. The predicted octanol–water partition coefficient (Wildman–Crippen LogP) is 3.05.